The van der Waals surface area contributed by atoms with Gasteiger partial charge in [-0.1, -0.05) is 6.92 Å². The van der Waals surface area contributed by atoms with E-state index in [9.17, 15) is 10.1 Å². The Morgan fingerprint density at radius 3 is 2.67 bits per heavy atom. The van der Waals surface area contributed by atoms with Gasteiger partial charge < -0.3 is 10.1 Å². The smallest absolute Gasteiger partial charge is 0.311 e. The third-order valence-corrected chi connectivity index (χ3v) is 2.57. The SMILES string of the molecule is CCC(Nc1nc(OC)ccc1[N+](=O)[O-])N(C)C. The van der Waals surface area contributed by atoms with E-state index >= 15 is 0 Å². The normalized spacial score (nSPS) is 12.3. The molecule has 0 aliphatic rings. The number of rotatable bonds is 6. The number of aromatic nitrogens is 1. The fourth-order valence-corrected chi connectivity index (χ4v) is 1.56. The number of nitro groups is 1. The van der Waals surface area contributed by atoms with Crippen LogP contribution >= 0.6 is 0 Å². The highest BCUT2D eigenvalue weighted by Crippen LogP contribution is 2.25. The molecule has 1 rings (SSSR count). The lowest BCUT2D eigenvalue weighted by molar-refractivity contribution is -0.384. The van der Waals surface area contributed by atoms with E-state index in [1.165, 1.54) is 19.2 Å². The number of nitrogens with zero attached hydrogens (tertiary/aromatic N) is 3. The fourth-order valence-electron chi connectivity index (χ4n) is 1.56. The summed E-state index contributed by atoms with van der Waals surface area (Å²) in [6, 6.07) is 2.86. The third-order valence-electron chi connectivity index (χ3n) is 2.57. The zero-order valence-electron chi connectivity index (χ0n) is 11.0. The van der Waals surface area contributed by atoms with Gasteiger partial charge in [0.15, 0.2) is 0 Å². The monoisotopic (exact) mass is 254 g/mol. The molecule has 0 aromatic carbocycles. The number of pyridine rings is 1. The number of methoxy groups -OCH3 is 1. The Morgan fingerprint density at radius 2 is 2.22 bits per heavy atom. The number of ether oxygens (including phenoxy) is 1. The molecule has 7 heteroatoms. The molecule has 7 nitrogen and oxygen atoms in total. The lowest BCUT2D eigenvalue weighted by atomic mass is 10.3. The minimum atomic E-state index is -0.461. The van der Waals surface area contributed by atoms with Gasteiger partial charge in [0.05, 0.1) is 18.2 Å². The molecule has 0 radical (unpaired) electrons. The van der Waals surface area contributed by atoms with E-state index < -0.39 is 4.92 Å². The van der Waals surface area contributed by atoms with Crippen molar-refractivity contribution in [1.29, 1.82) is 0 Å². The minimum absolute atomic E-state index is 0.0247. The molecule has 0 bridgehead atoms. The predicted molar refractivity (Wildman–Crippen MR) is 68.8 cm³/mol. The van der Waals surface area contributed by atoms with Crippen LogP contribution in [0, 0.1) is 10.1 Å². The summed E-state index contributed by atoms with van der Waals surface area (Å²) in [6.45, 7) is 1.99. The number of hydrogen-bond acceptors (Lipinski definition) is 6. The Balaban J connectivity index is 3.07. The van der Waals surface area contributed by atoms with Gasteiger partial charge in [-0.05, 0) is 20.5 Å². The molecule has 1 aromatic heterocycles. The first-order valence-electron chi connectivity index (χ1n) is 5.62. The fraction of sp³-hybridized carbons (Fsp3) is 0.545. The van der Waals surface area contributed by atoms with E-state index in [2.05, 4.69) is 10.3 Å². The van der Waals surface area contributed by atoms with Crippen LogP contribution in [0.25, 0.3) is 0 Å². The lowest BCUT2D eigenvalue weighted by Crippen LogP contribution is -2.35. The summed E-state index contributed by atoms with van der Waals surface area (Å²) in [6.07, 6.45) is 0.770. The Labute approximate surface area is 106 Å². The lowest BCUT2D eigenvalue weighted by Gasteiger charge is -2.24. The molecule has 0 aliphatic heterocycles. The maximum atomic E-state index is 10.9. The summed E-state index contributed by atoms with van der Waals surface area (Å²) >= 11 is 0. The van der Waals surface area contributed by atoms with E-state index in [0.717, 1.165) is 6.42 Å². The molecule has 1 atom stereocenters. The maximum absolute atomic E-state index is 10.9. The summed E-state index contributed by atoms with van der Waals surface area (Å²) < 4.78 is 4.98. The first kappa shape index (κ1) is 14.2. The number of anilines is 1. The van der Waals surface area contributed by atoms with Crippen molar-refractivity contribution < 1.29 is 9.66 Å². The largest absolute Gasteiger partial charge is 0.481 e. The summed E-state index contributed by atoms with van der Waals surface area (Å²) in [5, 5.41) is 14.0. The predicted octanol–water partition coefficient (Wildman–Crippen LogP) is 1.71. The van der Waals surface area contributed by atoms with Gasteiger partial charge in [-0.25, -0.2) is 0 Å². The molecule has 0 fully saturated rings. The average molecular weight is 254 g/mol. The van der Waals surface area contributed by atoms with Crippen LogP contribution in [0.15, 0.2) is 12.1 Å². The van der Waals surface area contributed by atoms with E-state index in [1.54, 1.807) is 0 Å². The molecule has 1 unspecified atom stereocenters. The van der Waals surface area contributed by atoms with E-state index in [-0.39, 0.29) is 17.7 Å². The highest BCUT2D eigenvalue weighted by Gasteiger charge is 2.19. The highest BCUT2D eigenvalue weighted by molar-refractivity contribution is 5.57. The van der Waals surface area contributed by atoms with Crippen LogP contribution in [0.3, 0.4) is 0 Å². The number of nitrogens with one attached hydrogen (secondary N) is 1. The van der Waals surface area contributed by atoms with Gasteiger partial charge in [-0.3, -0.25) is 15.0 Å². The Kier molecular flexibility index (Phi) is 4.85. The third kappa shape index (κ3) is 3.30. The molecule has 0 amide bonds. The van der Waals surface area contributed by atoms with Gasteiger partial charge >= 0.3 is 5.69 Å². The van der Waals surface area contributed by atoms with Crippen LogP contribution in [0.1, 0.15) is 13.3 Å². The molecule has 0 saturated carbocycles. The van der Waals surface area contributed by atoms with Crippen LogP contribution in [0.4, 0.5) is 11.5 Å². The zero-order chi connectivity index (χ0) is 13.7. The van der Waals surface area contributed by atoms with E-state index in [0.29, 0.717) is 5.88 Å². The quantitative estimate of drug-likeness (QED) is 0.473. The van der Waals surface area contributed by atoms with Crippen LogP contribution in [0.5, 0.6) is 5.88 Å². The topological polar surface area (TPSA) is 80.5 Å². The highest BCUT2D eigenvalue weighted by atomic mass is 16.6. The second kappa shape index (κ2) is 6.15. The summed E-state index contributed by atoms with van der Waals surface area (Å²) in [7, 11) is 5.27. The molecular formula is C11H18N4O3. The Morgan fingerprint density at radius 1 is 1.56 bits per heavy atom. The van der Waals surface area contributed by atoms with Gasteiger partial charge in [-0.2, -0.15) is 4.98 Å². The molecule has 18 heavy (non-hydrogen) atoms. The van der Waals surface area contributed by atoms with Crippen LogP contribution in [-0.4, -0.2) is 42.2 Å². The van der Waals surface area contributed by atoms with Gasteiger partial charge in [0.25, 0.3) is 0 Å². The first-order chi connectivity index (χ1) is 8.49. The van der Waals surface area contributed by atoms with Gasteiger partial charge in [0.1, 0.15) is 0 Å². The van der Waals surface area contributed by atoms with Crippen molar-refractivity contribution in [2.45, 2.75) is 19.5 Å². The van der Waals surface area contributed by atoms with Crippen molar-refractivity contribution in [2.24, 2.45) is 0 Å². The number of hydrogen-bond donors (Lipinski definition) is 1. The second-order valence-corrected chi connectivity index (χ2v) is 4.01. The summed E-state index contributed by atoms with van der Waals surface area (Å²) in [4.78, 5) is 16.5. The van der Waals surface area contributed by atoms with Crippen molar-refractivity contribution >= 4 is 11.5 Å². The van der Waals surface area contributed by atoms with Gasteiger partial charge in [-0.15, -0.1) is 0 Å². The first-order valence-corrected chi connectivity index (χ1v) is 5.62. The second-order valence-electron chi connectivity index (χ2n) is 4.01. The van der Waals surface area contributed by atoms with Crippen molar-refractivity contribution in [3.05, 3.63) is 22.2 Å². The molecule has 0 saturated heterocycles. The zero-order valence-corrected chi connectivity index (χ0v) is 11.0. The maximum Gasteiger partial charge on any atom is 0.311 e. The minimum Gasteiger partial charge on any atom is -0.481 e. The van der Waals surface area contributed by atoms with Gasteiger partial charge in [0.2, 0.25) is 11.7 Å². The molecule has 0 aliphatic carbocycles. The van der Waals surface area contributed by atoms with Crippen molar-refractivity contribution in [1.82, 2.24) is 9.88 Å². The van der Waals surface area contributed by atoms with Crippen LogP contribution in [-0.2, 0) is 0 Å². The Bertz CT molecular complexity index is 423. The molecular weight excluding hydrogens is 236 g/mol. The van der Waals surface area contributed by atoms with Crippen molar-refractivity contribution in [2.75, 3.05) is 26.5 Å². The molecule has 1 N–H and O–H groups in total. The van der Waals surface area contributed by atoms with Crippen molar-refractivity contribution in [3.8, 4) is 5.88 Å². The van der Waals surface area contributed by atoms with Crippen LogP contribution < -0.4 is 10.1 Å². The van der Waals surface area contributed by atoms with Gasteiger partial charge in [0, 0.05) is 12.1 Å². The summed E-state index contributed by atoms with van der Waals surface area (Å²) in [5.41, 5.74) is -0.0592. The van der Waals surface area contributed by atoms with Crippen molar-refractivity contribution in [3.63, 3.8) is 0 Å². The molecule has 0 spiro atoms. The van der Waals surface area contributed by atoms with E-state index in [4.69, 9.17) is 4.74 Å². The molecule has 100 valence electrons. The average Bonchev–Trinajstić information content (AvgIpc) is 2.34. The Hall–Kier alpha value is -1.89. The van der Waals surface area contributed by atoms with E-state index in [1.807, 2.05) is 25.9 Å². The van der Waals surface area contributed by atoms with Crippen LogP contribution in [0.2, 0.25) is 0 Å². The standard InChI is InChI=1S/C11H18N4O3/c1-5-9(14(2)3)12-11-8(15(16)17)6-7-10(13-11)18-4/h6-7,9H,5H2,1-4H3,(H,12,13). The summed E-state index contributed by atoms with van der Waals surface area (Å²) in [5.74, 6) is 0.566. The molecule has 1 heterocycles. The molecule has 1 aromatic rings.